The molecule has 0 spiro atoms. The molecule has 11 heteroatoms. The minimum atomic E-state index is -4.50. The second kappa shape index (κ2) is 10.4. The summed E-state index contributed by atoms with van der Waals surface area (Å²) in [5.41, 5.74) is 0.963. The highest BCUT2D eigenvalue weighted by atomic mass is 32.1. The first-order valence-electron chi connectivity index (χ1n) is 11.0. The number of aliphatic hydroxyl groups excluding tert-OH is 1. The Morgan fingerprint density at radius 2 is 1.89 bits per heavy atom. The van der Waals surface area contributed by atoms with E-state index in [1.807, 2.05) is 12.1 Å². The molecular formula is C24H24F3N5O2S. The molecule has 0 saturated carbocycles. The molecule has 0 radical (unpaired) electrons. The number of anilines is 2. The average Bonchev–Trinajstić information content (AvgIpc) is 3.26. The van der Waals surface area contributed by atoms with Crippen molar-refractivity contribution in [3.05, 3.63) is 70.2 Å². The van der Waals surface area contributed by atoms with Crippen LogP contribution in [-0.2, 0) is 6.18 Å². The number of thiazole rings is 1. The molecule has 2 aromatic carbocycles. The Balaban J connectivity index is 1.57. The van der Waals surface area contributed by atoms with Gasteiger partial charge in [-0.3, -0.25) is 10.1 Å². The number of hydrogen-bond donors (Lipinski definition) is 3. The van der Waals surface area contributed by atoms with Crippen LogP contribution in [0.15, 0.2) is 58.9 Å². The molecule has 35 heavy (non-hydrogen) atoms. The van der Waals surface area contributed by atoms with Gasteiger partial charge in [-0.1, -0.05) is 6.07 Å². The van der Waals surface area contributed by atoms with Crippen molar-refractivity contribution in [3.63, 3.8) is 0 Å². The van der Waals surface area contributed by atoms with Gasteiger partial charge in [-0.25, -0.2) is 9.98 Å². The average molecular weight is 504 g/mol. The quantitative estimate of drug-likeness (QED) is 0.346. The van der Waals surface area contributed by atoms with E-state index < -0.39 is 17.6 Å². The van der Waals surface area contributed by atoms with Gasteiger partial charge in [-0.05, 0) is 62.2 Å². The van der Waals surface area contributed by atoms with E-state index in [4.69, 9.17) is 0 Å². The van der Waals surface area contributed by atoms with Crippen LogP contribution in [0.3, 0.4) is 0 Å². The lowest BCUT2D eigenvalue weighted by Gasteiger charge is -2.31. The summed E-state index contributed by atoms with van der Waals surface area (Å²) in [6.07, 6.45) is -3.37. The number of nitrogens with zero attached hydrogens (tertiary/aromatic N) is 3. The number of piperidine rings is 1. The minimum Gasteiger partial charge on any atom is -0.393 e. The Kier molecular flexibility index (Phi) is 7.37. The normalized spacial score (nSPS) is 15.2. The molecular weight excluding hydrogens is 479 g/mol. The van der Waals surface area contributed by atoms with Crippen molar-refractivity contribution in [2.75, 3.05) is 23.3 Å². The summed E-state index contributed by atoms with van der Waals surface area (Å²) in [6, 6.07) is 11.9. The standard InChI is InChI=1S/C24H24F3N5O2S/c1-15-28-21(14-35-15)22(34)31-23(30-18-4-2-3-16(13-18)24(25,26)27)29-17-5-7-19(8-6-17)32-11-9-20(33)10-12-32/h2-8,13-14,20,33H,9-12H2,1H3,(H2,29,30,31,34). The van der Waals surface area contributed by atoms with Crippen molar-refractivity contribution in [3.8, 4) is 0 Å². The monoisotopic (exact) mass is 503 g/mol. The summed E-state index contributed by atoms with van der Waals surface area (Å²) in [5.74, 6) is -0.565. The molecule has 1 fully saturated rings. The van der Waals surface area contributed by atoms with Crippen molar-refractivity contribution >= 4 is 40.3 Å². The van der Waals surface area contributed by atoms with E-state index in [2.05, 4.69) is 25.5 Å². The van der Waals surface area contributed by atoms with Gasteiger partial charge in [0.25, 0.3) is 5.91 Å². The molecule has 4 rings (SSSR count). The van der Waals surface area contributed by atoms with Crippen molar-refractivity contribution < 1.29 is 23.1 Å². The molecule has 1 amide bonds. The van der Waals surface area contributed by atoms with Gasteiger partial charge in [0, 0.05) is 29.8 Å². The number of amides is 1. The number of alkyl halides is 3. The number of benzene rings is 2. The maximum atomic E-state index is 13.1. The molecule has 1 aromatic heterocycles. The van der Waals surface area contributed by atoms with E-state index in [-0.39, 0.29) is 23.4 Å². The van der Waals surface area contributed by atoms with Gasteiger partial charge in [-0.15, -0.1) is 11.3 Å². The van der Waals surface area contributed by atoms with Crippen molar-refractivity contribution in [2.45, 2.75) is 32.0 Å². The lowest BCUT2D eigenvalue weighted by Crippen LogP contribution is -2.36. The molecule has 3 N–H and O–H groups in total. The third-order valence-corrected chi connectivity index (χ3v) is 6.23. The summed E-state index contributed by atoms with van der Waals surface area (Å²) in [4.78, 5) is 23.4. The summed E-state index contributed by atoms with van der Waals surface area (Å²) in [6.45, 7) is 3.26. The predicted octanol–water partition coefficient (Wildman–Crippen LogP) is 4.96. The molecule has 0 unspecified atom stereocenters. The van der Waals surface area contributed by atoms with Crippen LogP contribution in [0.1, 0.15) is 33.9 Å². The van der Waals surface area contributed by atoms with E-state index in [0.29, 0.717) is 23.5 Å². The zero-order chi connectivity index (χ0) is 25.0. The predicted molar refractivity (Wildman–Crippen MR) is 130 cm³/mol. The first-order chi connectivity index (χ1) is 16.7. The van der Waals surface area contributed by atoms with Gasteiger partial charge in [-0.2, -0.15) is 13.2 Å². The molecule has 0 atom stereocenters. The molecule has 1 aliphatic rings. The second-order valence-corrected chi connectivity index (χ2v) is 9.17. The Bertz CT molecular complexity index is 1200. The summed E-state index contributed by atoms with van der Waals surface area (Å²) >= 11 is 1.31. The zero-order valence-corrected chi connectivity index (χ0v) is 19.7. The SMILES string of the molecule is Cc1nc(C(=O)NC(=Nc2ccc(N3CCC(O)CC3)cc2)Nc2cccc(C(F)(F)F)c2)cs1. The largest absolute Gasteiger partial charge is 0.416 e. The molecule has 0 aliphatic carbocycles. The topological polar surface area (TPSA) is 89.9 Å². The van der Waals surface area contributed by atoms with E-state index in [1.54, 1.807) is 24.4 Å². The summed E-state index contributed by atoms with van der Waals surface area (Å²) in [7, 11) is 0. The number of aromatic nitrogens is 1. The number of aryl methyl sites for hydroxylation is 1. The molecule has 2 heterocycles. The Hall–Kier alpha value is -3.44. The number of rotatable bonds is 4. The maximum absolute atomic E-state index is 13.1. The fourth-order valence-electron chi connectivity index (χ4n) is 3.63. The first kappa shape index (κ1) is 24.7. The van der Waals surface area contributed by atoms with Gasteiger partial charge in [0.1, 0.15) is 5.69 Å². The Labute approximate surface area is 204 Å². The van der Waals surface area contributed by atoms with E-state index in [1.165, 1.54) is 23.5 Å². The Morgan fingerprint density at radius 1 is 1.17 bits per heavy atom. The molecule has 7 nitrogen and oxygen atoms in total. The number of halogens is 3. The van der Waals surface area contributed by atoms with E-state index in [0.717, 1.165) is 30.9 Å². The van der Waals surface area contributed by atoms with Gasteiger partial charge >= 0.3 is 6.18 Å². The number of hydrogen-bond acceptors (Lipinski definition) is 6. The molecule has 3 aromatic rings. The van der Waals surface area contributed by atoms with Gasteiger partial charge in [0.15, 0.2) is 0 Å². The fourth-order valence-corrected chi connectivity index (χ4v) is 4.22. The first-order valence-corrected chi connectivity index (χ1v) is 11.8. The lowest BCUT2D eigenvalue weighted by molar-refractivity contribution is -0.137. The Morgan fingerprint density at radius 3 is 2.51 bits per heavy atom. The van der Waals surface area contributed by atoms with Crippen LogP contribution in [0.2, 0.25) is 0 Å². The van der Waals surface area contributed by atoms with E-state index >= 15 is 0 Å². The highest BCUT2D eigenvalue weighted by Crippen LogP contribution is 2.31. The van der Waals surface area contributed by atoms with E-state index in [9.17, 15) is 23.1 Å². The smallest absolute Gasteiger partial charge is 0.393 e. The molecule has 1 aliphatic heterocycles. The minimum absolute atomic E-state index is 0.0335. The number of aliphatic imine (C=N–C) groups is 1. The lowest BCUT2D eigenvalue weighted by atomic mass is 10.1. The van der Waals surface area contributed by atoms with Crippen molar-refractivity contribution in [1.29, 1.82) is 0 Å². The number of guanidine groups is 1. The van der Waals surface area contributed by atoms with Crippen LogP contribution in [0.25, 0.3) is 0 Å². The molecule has 1 saturated heterocycles. The molecule has 0 bridgehead atoms. The van der Waals surface area contributed by atoms with Crippen molar-refractivity contribution in [2.24, 2.45) is 4.99 Å². The van der Waals surface area contributed by atoms with Crippen LogP contribution in [0.5, 0.6) is 0 Å². The highest BCUT2D eigenvalue weighted by Gasteiger charge is 2.30. The fraction of sp³-hybridized carbons (Fsp3) is 0.292. The van der Waals surface area contributed by atoms with Crippen LogP contribution in [0, 0.1) is 6.92 Å². The number of carbonyl (C=O) groups excluding carboxylic acids is 1. The zero-order valence-electron chi connectivity index (χ0n) is 18.8. The highest BCUT2D eigenvalue weighted by molar-refractivity contribution is 7.09. The summed E-state index contributed by atoms with van der Waals surface area (Å²) in [5, 5.41) is 17.4. The van der Waals surface area contributed by atoms with Crippen LogP contribution in [-0.4, -0.2) is 41.2 Å². The van der Waals surface area contributed by atoms with Crippen LogP contribution >= 0.6 is 11.3 Å². The number of nitrogens with one attached hydrogen (secondary N) is 2. The van der Waals surface area contributed by atoms with Crippen LogP contribution in [0.4, 0.5) is 30.2 Å². The summed E-state index contributed by atoms with van der Waals surface area (Å²) < 4.78 is 39.4. The third kappa shape index (κ3) is 6.58. The second-order valence-electron chi connectivity index (χ2n) is 8.10. The van der Waals surface area contributed by atoms with Crippen LogP contribution < -0.4 is 15.5 Å². The molecule has 184 valence electrons. The van der Waals surface area contributed by atoms with Crippen molar-refractivity contribution in [1.82, 2.24) is 10.3 Å². The number of carbonyl (C=O) groups is 1. The number of aliphatic hydroxyl groups is 1. The maximum Gasteiger partial charge on any atom is 0.416 e. The third-order valence-electron chi connectivity index (χ3n) is 5.46. The van der Waals surface area contributed by atoms with Gasteiger partial charge in [0.2, 0.25) is 5.96 Å². The van der Waals surface area contributed by atoms with Gasteiger partial charge in [0.05, 0.1) is 22.4 Å². The van der Waals surface area contributed by atoms with Gasteiger partial charge < -0.3 is 15.3 Å².